The SMILES string of the molecule is B[C@H]1[C@H](O)[C@H](F)[C@@H](CO)N1C(=O)C(F)(F)F. The Balaban J connectivity index is 2.98. The Hall–Kier alpha value is -0.825. The van der Waals surface area contributed by atoms with Crippen LogP contribution in [0.4, 0.5) is 17.6 Å². The molecule has 1 rings (SSSR count). The van der Waals surface area contributed by atoms with Gasteiger partial charge in [-0.2, -0.15) is 13.2 Å². The summed E-state index contributed by atoms with van der Waals surface area (Å²) in [6.07, 6.45) is -8.94. The lowest BCUT2D eigenvalue weighted by atomic mass is 9.91. The molecule has 9 heteroatoms. The maximum Gasteiger partial charge on any atom is 0.471 e. The molecule has 92 valence electrons. The number of hydrogen-bond acceptors (Lipinski definition) is 3. The molecule has 1 aliphatic heterocycles. The highest BCUT2D eigenvalue weighted by atomic mass is 19.4. The van der Waals surface area contributed by atoms with Crippen molar-refractivity contribution in [2.75, 3.05) is 6.61 Å². The van der Waals surface area contributed by atoms with Gasteiger partial charge in [0, 0.05) is 5.94 Å². The van der Waals surface area contributed by atoms with Crippen molar-refractivity contribution < 1.29 is 32.6 Å². The number of amides is 1. The second-order valence-electron chi connectivity index (χ2n) is 3.64. The first-order chi connectivity index (χ1) is 7.21. The summed E-state index contributed by atoms with van der Waals surface area (Å²) < 4.78 is 49.7. The Morgan fingerprint density at radius 3 is 2.31 bits per heavy atom. The van der Waals surface area contributed by atoms with Gasteiger partial charge in [-0.1, -0.05) is 0 Å². The van der Waals surface area contributed by atoms with E-state index in [2.05, 4.69) is 0 Å². The molecule has 0 saturated carbocycles. The molecule has 1 fully saturated rings. The number of alkyl halides is 4. The first-order valence-electron chi connectivity index (χ1n) is 4.54. The van der Waals surface area contributed by atoms with Crippen LogP contribution in [-0.2, 0) is 4.79 Å². The van der Waals surface area contributed by atoms with Gasteiger partial charge in [-0.3, -0.25) is 4.79 Å². The second kappa shape index (κ2) is 4.21. The van der Waals surface area contributed by atoms with E-state index in [0.29, 0.717) is 0 Å². The van der Waals surface area contributed by atoms with E-state index in [1.807, 2.05) is 0 Å². The largest absolute Gasteiger partial charge is 0.471 e. The van der Waals surface area contributed by atoms with Gasteiger partial charge in [0.25, 0.3) is 0 Å². The molecule has 0 aromatic rings. The van der Waals surface area contributed by atoms with Crippen LogP contribution in [0.5, 0.6) is 0 Å². The molecule has 0 bridgehead atoms. The van der Waals surface area contributed by atoms with Crippen molar-refractivity contribution in [1.82, 2.24) is 4.90 Å². The minimum absolute atomic E-state index is 0.148. The quantitative estimate of drug-likeness (QED) is 0.431. The zero-order valence-electron chi connectivity index (χ0n) is 8.28. The fourth-order valence-electron chi connectivity index (χ4n) is 1.78. The van der Waals surface area contributed by atoms with E-state index in [1.54, 1.807) is 0 Å². The van der Waals surface area contributed by atoms with Crippen molar-refractivity contribution in [3.8, 4) is 0 Å². The monoisotopic (exact) mass is 243 g/mol. The minimum Gasteiger partial charge on any atom is -0.394 e. The highest BCUT2D eigenvalue weighted by Crippen LogP contribution is 2.30. The molecule has 2 N–H and O–H groups in total. The zero-order chi connectivity index (χ0) is 12.7. The standard InChI is InChI=1S/C7H10BF4NO3/c8-5-4(15)3(9)2(1-14)13(5)6(16)7(10,11)12/h2-5,14-15H,1,8H2/t2-,3-,4-,5-/m1/s1. The first kappa shape index (κ1) is 13.2. The Kier molecular flexibility index (Phi) is 3.48. The van der Waals surface area contributed by atoms with Crippen LogP contribution in [0.15, 0.2) is 0 Å². The van der Waals surface area contributed by atoms with E-state index in [9.17, 15) is 27.5 Å². The molecule has 1 saturated heterocycles. The van der Waals surface area contributed by atoms with Gasteiger partial charge < -0.3 is 15.1 Å². The minimum atomic E-state index is -5.15. The maximum absolute atomic E-state index is 13.3. The van der Waals surface area contributed by atoms with Crippen LogP contribution in [0.2, 0.25) is 0 Å². The molecular formula is C7H10BF4NO3. The van der Waals surface area contributed by atoms with Crippen molar-refractivity contribution in [2.45, 2.75) is 30.4 Å². The van der Waals surface area contributed by atoms with Gasteiger partial charge >= 0.3 is 12.1 Å². The summed E-state index contributed by atoms with van der Waals surface area (Å²) >= 11 is 0. The maximum atomic E-state index is 13.3. The van der Waals surface area contributed by atoms with Gasteiger partial charge in [0.05, 0.1) is 18.8 Å². The van der Waals surface area contributed by atoms with Crippen molar-refractivity contribution in [3.05, 3.63) is 0 Å². The summed E-state index contributed by atoms with van der Waals surface area (Å²) in [4.78, 5) is 11.1. The molecule has 1 heterocycles. The highest BCUT2D eigenvalue weighted by molar-refractivity contribution is 6.14. The molecule has 4 nitrogen and oxygen atoms in total. The van der Waals surface area contributed by atoms with Crippen LogP contribution in [0.1, 0.15) is 0 Å². The van der Waals surface area contributed by atoms with Crippen molar-refractivity contribution >= 4 is 13.8 Å². The molecule has 1 amide bonds. The lowest BCUT2D eigenvalue weighted by Gasteiger charge is -2.28. The van der Waals surface area contributed by atoms with E-state index in [1.165, 1.54) is 0 Å². The molecular weight excluding hydrogens is 233 g/mol. The lowest BCUT2D eigenvalue weighted by molar-refractivity contribution is -0.188. The summed E-state index contributed by atoms with van der Waals surface area (Å²) in [7, 11) is 1.09. The normalized spacial score (nSPS) is 35.5. The summed E-state index contributed by atoms with van der Waals surface area (Å²) in [6.45, 7) is -0.968. The lowest BCUT2D eigenvalue weighted by Crippen LogP contribution is -2.51. The third kappa shape index (κ3) is 2.01. The number of nitrogens with zero attached hydrogens (tertiary/aromatic N) is 1. The molecule has 1 aliphatic rings. The van der Waals surface area contributed by atoms with E-state index >= 15 is 0 Å². The molecule has 0 radical (unpaired) electrons. The number of likely N-dealkylation sites (tertiary alicyclic amines) is 1. The topological polar surface area (TPSA) is 60.8 Å². The van der Waals surface area contributed by atoms with Crippen LogP contribution < -0.4 is 0 Å². The number of aliphatic hydroxyl groups excluding tert-OH is 2. The summed E-state index contributed by atoms with van der Waals surface area (Å²) in [6, 6.07) is -1.65. The van der Waals surface area contributed by atoms with E-state index in [-0.39, 0.29) is 4.90 Å². The Labute approximate surface area is 89.2 Å². The molecule has 0 aromatic heterocycles. The Bertz CT molecular complexity index is 287. The van der Waals surface area contributed by atoms with E-state index in [0.717, 1.165) is 7.85 Å². The highest BCUT2D eigenvalue weighted by Gasteiger charge is 2.54. The number of halogens is 4. The number of rotatable bonds is 1. The summed E-state index contributed by atoms with van der Waals surface area (Å²) in [5, 5.41) is 18.0. The molecule has 4 atom stereocenters. The molecule has 0 unspecified atom stereocenters. The van der Waals surface area contributed by atoms with Crippen LogP contribution in [0, 0.1) is 0 Å². The first-order valence-corrected chi connectivity index (χ1v) is 4.54. The van der Waals surface area contributed by atoms with Crippen molar-refractivity contribution in [2.24, 2.45) is 0 Å². The number of hydrogen-bond donors (Lipinski definition) is 2. The van der Waals surface area contributed by atoms with Gasteiger partial charge in [0.2, 0.25) is 0 Å². The average Bonchev–Trinajstić information content (AvgIpc) is 2.39. The zero-order valence-corrected chi connectivity index (χ0v) is 8.28. The predicted octanol–water partition coefficient (Wildman–Crippen LogP) is -1.59. The van der Waals surface area contributed by atoms with Crippen LogP contribution in [0.25, 0.3) is 0 Å². The molecule has 0 aliphatic carbocycles. The fraction of sp³-hybridized carbons (Fsp3) is 0.857. The summed E-state index contributed by atoms with van der Waals surface area (Å²) in [5.74, 6) is -3.57. The van der Waals surface area contributed by atoms with Crippen LogP contribution in [-0.4, -0.2) is 65.9 Å². The van der Waals surface area contributed by atoms with Crippen LogP contribution >= 0.6 is 0 Å². The average molecular weight is 243 g/mol. The molecule has 0 aromatic carbocycles. The van der Waals surface area contributed by atoms with Gasteiger partial charge in [0.15, 0.2) is 0 Å². The Morgan fingerprint density at radius 2 is 1.94 bits per heavy atom. The second-order valence-corrected chi connectivity index (χ2v) is 3.64. The third-order valence-corrected chi connectivity index (χ3v) is 2.65. The third-order valence-electron chi connectivity index (χ3n) is 2.65. The van der Waals surface area contributed by atoms with Gasteiger partial charge in [-0.05, 0) is 0 Å². The van der Waals surface area contributed by atoms with Gasteiger partial charge in [-0.15, -0.1) is 0 Å². The summed E-state index contributed by atoms with van der Waals surface area (Å²) in [5.41, 5.74) is 0. The Morgan fingerprint density at radius 1 is 1.44 bits per heavy atom. The van der Waals surface area contributed by atoms with E-state index in [4.69, 9.17) is 5.11 Å². The predicted molar refractivity (Wildman–Crippen MR) is 47.0 cm³/mol. The number of carbonyl (C=O) groups is 1. The smallest absolute Gasteiger partial charge is 0.394 e. The number of aliphatic hydroxyl groups is 2. The van der Waals surface area contributed by atoms with Crippen LogP contribution in [0.3, 0.4) is 0 Å². The fourth-order valence-corrected chi connectivity index (χ4v) is 1.78. The van der Waals surface area contributed by atoms with Crippen molar-refractivity contribution in [3.63, 3.8) is 0 Å². The molecule has 0 spiro atoms. The number of carbonyl (C=O) groups excluding carboxylic acids is 1. The van der Waals surface area contributed by atoms with Gasteiger partial charge in [0.1, 0.15) is 14.0 Å². The van der Waals surface area contributed by atoms with Crippen molar-refractivity contribution in [1.29, 1.82) is 0 Å². The molecule has 16 heavy (non-hydrogen) atoms. The van der Waals surface area contributed by atoms with Gasteiger partial charge in [-0.25, -0.2) is 4.39 Å². The van der Waals surface area contributed by atoms with E-state index < -0.39 is 42.9 Å².